The molecule has 5 nitrogen and oxygen atoms in total. The van der Waals surface area contributed by atoms with Crippen molar-refractivity contribution in [3.63, 3.8) is 0 Å². The van der Waals surface area contributed by atoms with E-state index in [1.165, 1.54) is 20.8 Å². The van der Waals surface area contributed by atoms with Gasteiger partial charge >= 0.3 is 21.7 Å². The number of sulfonamides is 1. The highest BCUT2D eigenvalue weighted by Crippen LogP contribution is 2.40. The van der Waals surface area contributed by atoms with E-state index in [4.69, 9.17) is 0 Å². The summed E-state index contributed by atoms with van der Waals surface area (Å²) in [5.74, 6) is 0. The maximum atomic E-state index is 12.8. The van der Waals surface area contributed by atoms with Gasteiger partial charge in [0.15, 0.2) is 6.09 Å². The summed E-state index contributed by atoms with van der Waals surface area (Å²) in [6.45, 7) is 3.83. The number of hydrogen-bond donors (Lipinski definition) is 0. The van der Waals surface area contributed by atoms with Gasteiger partial charge < -0.3 is 9.90 Å². The van der Waals surface area contributed by atoms with Crippen LogP contribution in [0.2, 0.25) is 0 Å². The third-order valence-corrected chi connectivity index (χ3v) is 4.46. The first-order valence-corrected chi connectivity index (χ1v) is 7.89. The van der Waals surface area contributed by atoms with Crippen LogP contribution in [-0.2, 0) is 21.6 Å². The second-order valence-corrected chi connectivity index (χ2v) is 7.74. The van der Waals surface area contributed by atoms with Gasteiger partial charge in [0, 0.05) is 0 Å². The van der Waals surface area contributed by atoms with Crippen molar-refractivity contribution in [1.29, 1.82) is 0 Å². The Kier molecular flexibility index (Phi) is 5.12. The van der Waals surface area contributed by atoms with E-state index in [1.54, 1.807) is 0 Å². The highest BCUT2D eigenvalue weighted by molar-refractivity contribution is 7.94. The smallest absolute Gasteiger partial charge is 0.517 e. The second-order valence-electron chi connectivity index (χ2n) is 5.96. The molecule has 12 heteroatoms. The molecule has 142 valence electrons. The van der Waals surface area contributed by atoms with Crippen LogP contribution >= 0.6 is 0 Å². The van der Waals surface area contributed by atoms with Gasteiger partial charge in [-0.2, -0.15) is 34.8 Å². The first-order chi connectivity index (χ1) is 10.9. The summed E-state index contributed by atoms with van der Waals surface area (Å²) in [5.41, 5.74) is -10.2. The number of carbonyl (C=O) groups is 1. The zero-order valence-corrected chi connectivity index (χ0v) is 13.8. The summed E-state index contributed by atoms with van der Waals surface area (Å²) >= 11 is 0. The molecule has 0 saturated heterocycles. The van der Waals surface area contributed by atoms with Crippen molar-refractivity contribution in [2.75, 3.05) is 4.31 Å². The minimum atomic E-state index is -6.43. The van der Waals surface area contributed by atoms with Crippen molar-refractivity contribution in [1.82, 2.24) is 0 Å². The molecule has 0 radical (unpaired) electrons. The summed E-state index contributed by atoms with van der Waals surface area (Å²) in [6, 6.07) is 1.03. The van der Waals surface area contributed by atoms with Crippen LogP contribution in [0.15, 0.2) is 18.2 Å². The van der Waals surface area contributed by atoms with E-state index in [1.807, 2.05) is 0 Å². The van der Waals surface area contributed by atoms with Crippen LogP contribution in [0.3, 0.4) is 0 Å². The molecule has 1 aromatic rings. The molecule has 0 fully saturated rings. The monoisotopic (exact) mass is 392 g/mol. The van der Waals surface area contributed by atoms with Crippen LogP contribution in [0, 0.1) is 0 Å². The fourth-order valence-electron chi connectivity index (χ4n) is 1.92. The molecule has 0 spiro atoms. The van der Waals surface area contributed by atoms with Crippen LogP contribution < -0.4 is 9.41 Å². The molecule has 0 N–H and O–H groups in total. The van der Waals surface area contributed by atoms with Crippen LogP contribution in [-0.4, -0.2) is 20.0 Å². The number of carbonyl (C=O) groups excluding carboxylic acids is 1. The Labute approximate surface area is 138 Å². The molecule has 0 aliphatic rings. The molecule has 0 aliphatic carbocycles. The van der Waals surface area contributed by atoms with E-state index in [0.29, 0.717) is 12.1 Å². The van der Waals surface area contributed by atoms with Crippen LogP contribution in [0.1, 0.15) is 31.9 Å². The number of rotatable bonds is 2. The largest absolute Gasteiger partial charge is 0.529 e. The highest BCUT2D eigenvalue weighted by atomic mass is 32.2. The number of anilines is 1. The molecule has 0 atom stereocenters. The van der Waals surface area contributed by atoms with Gasteiger partial charge in [0.05, 0.1) is 11.3 Å². The minimum Gasteiger partial charge on any atom is -0.529 e. The average Bonchev–Trinajstić information content (AvgIpc) is 2.34. The van der Waals surface area contributed by atoms with Gasteiger partial charge in [-0.15, -0.1) is 0 Å². The Bertz CT molecular complexity index is 777. The van der Waals surface area contributed by atoms with Gasteiger partial charge in [-0.3, -0.25) is 0 Å². The molecule has 1 rings (SSSR count). The molecule has 0 saturated carbocycles. The lowest BCUT2D eigenvalue weighted by Crippen LogP contribution is -2.51. The molecule has 1 amide bonds. The van der Waals surface area contributed by atoms with Crippen molar-refractivity contribution >= 4 is 21.8 Å². The molecule has 25 heavy (non-hydrogen) atoms. The molecule has 0 heterocycles. The predicted molar refractivity (Wildman–Crippen MR) is 73.0 cm³/mol. The number of benzene rings is 1. The Morgan fingerprint density at radius 3 is 1.84 bits per heavy atom. The Morgan fingerprint density at radius 1 is 1.04 bits per heavy atom. The summed E-state index contributed by atoms with van der Waals surface area (Å²) in [4.78, 5) is 11.1. The van der Waals surface area contributed by atoms with Crippen molar-refractivity contribution in [3.05, 3.63) is 29.3 Å². The van der Waals surface area contributed by atoms with E-state index in [0.717, 1.165) is 0 Å². The normalized spacial score (nSPS) is 13.6. The van der Waals surface area contributed by atoms with Crippen molar-refractivity contribution in [3.8, 4) is 0 Å². The summed E-state index contributed by atoms with van der Waals surface area (Å²) in [6.07, 6.45) is -7.61. The number of nitrogens with zero attached hydrogens (tertiary/aromatic N) is 1. The fraction of sp³-hybridized carbons (Fsp3) is 0.462. The van der Waals surface area contributed by atoms with Gasteiger partial charge in [0.1, 0.15) is 0 Å². The first kappa shape index (κ1) is 21.1. The average molecular weight is 392 g/mol. The molecular weight excluding hydrogens is 380 g/mol. The van der Waals surface area contributed by atoms with E-state index in [-0.39, 0.29) is 6.07 Å². The topological polar surface area (TPSA) is 77.5 Å². The van der Waals surface area contributed by atoms with E-state index < -0.39 is 54.3 Å². The number of carboxylic acid groups (broad SMARTS) is 1. The number of amides is 1. The third-order valence-electron chi connectivity index (χ3n) is 3.05. The van der Waals surface area contributed by atoms with Crippen molar-refractivity contribution < 1.29 is 44.7 Å². The zero-order valence-electron chi connectivity index (χ0n) is 13.0. The van der Waals surface area contributed by atoms with Gasteiger partial charge in [-0.25, -0.2) is 4.31 Å². The standard InChI is InChI=1S/C13H13F6NO4S/c1-11(2,3)8-6-7(12(14,15)16)4-5-9(8)20(10(21)22)25(23,24)13(17,18)19/h4-6H,1-3H3,(H,21,22)/p-1. The van der Waals surface area contributed by atoms with Gasteiger partial charge in [0.2, 0.25) is 0 Å². The maximum Gasteiger partial charge on any atom is 0.517 e. The lowest BCUT2D eigenvalue weighted by atomic mass is 9.84. The zero-order chi connectivity index (χ0) is 20.0. The Hall–Kier alpha value is -1.98. The van der Waals surface area contributed by atoms with Crippen LogP contribution in [0.4, 0.5) is 36.8 Å². The van der Waals surface area contributed by atoms with Crippen molar-refractivity contribution in [2.45, 2.75) is 37.9 Å². The van der Waals surface area contributed by atoms with Gasteiger partial charge in [-0.05, 0) is 29.2 Å². The molecule has 0 aromatic heterocycles. The molecule has 0 bridgehead atoms. The number of hydrogen-bond acceptors (Lipinski definition) is 4. The predicted octanol–water partition coefficient (Wildman–Crippen LogP) is 3.00. The van der Waals surface area contributed by atoms with Crippen LogP contribution in [0.25, 0.3) is 0 Å². The summed E-state index contributed by atoms with van der Waals surface area (Å²) in [7, 11) is -6.43. The Morgan fingerprint density at radius 2 is 1.52 bits per heavy atom. The quantitative estimate of drug-likeness (QED) is 0.725. The highest BCUT2D eigenvalue weighted by Gasteiger charge is 2.51. The number of halogens is 6. The SMILES string of the molecule is CC(C)(C)c1cc(C(F)(F)F)ccc1N(C(=O)[O-])S(=O)(=O)C(F)(F)F. The van der Waals surface area contributed by atoms with E-state index >= 15 is 0 Å². The lowest BCUT2D eigenvalue weighted by molar-refractivity contribution is -0.244. The van der Waals surface area contributed by atoms with Crippen molar-refractivity contribution in [2.24, 2.45) is 0 Å². The van der Waals surface area contributed by atoms with Gasteiger partial charge in [-0.1, -0.05) is 20.8 Å². The Balaban J connectivity index is 3.82. The summed E-state index contributed by atoms with van der Waals surface area (Å²) < 4.78 is 98.6. The fourth-order valence-corrected chi connectivity index (χ4v) is 2.74. The lowest BCUT2D eigenvalue weighted by Gasteiger charge is -2.31. The van der Waals surface area contributed by atoms with Gasteiger partial charge in [0.25, 0.3) is 0 Å². The first-order valence-electron chi connectivity index (χ1n) is 6.45. The second kappa shape index (κ2) is 6.07. The number of alkyl halides is 6. The summed E-state index contributed by atoms with van der Waals surface area (Å²) in [5, 5.41) is 11.1. The minimum absolute atomic E-state index is 0.284. The molecular formula is C13H12F6NO4S-. The van der Waals surface area contributed by atoms with E-state index in [2.05, 4.69) is 0 Å². The molecule has 0 unspecified atom stereocenters. The molecule has 0 aliphatic heterocycles. The maximum absolute atomic E-state index is 12.8. The van der Waals surface area contributed by atoms with E-state index in [9.17, 15) is 44.7 Å². The third kappa shape index (κ3) is 4.17. The van der Waals surface area contributed by atoms with Crippen LogP contribution in [0.5, 0.6) is 0 Å². The molecule has 1 aromatic carbocycles.